The summed E-state index contributed by atoms with van der Waals surface area (Å²) in [5.74, 6) is -0.474. The molecule has 0 aromatic carbocycles. The van der Waals surface area contributed by atoms with Gasteiger partial charge in [-0.2, -0.15) is 5.10 Å². The number of nitrogens with zero attached hydrogens (tertiary/aromatic N) is 4. The molecule has 3 rings (SSSR count). The lowest BCUT2D eigenvalue weighted by atomic mass is 10.1. The number of carbonyl (C=O) groups excluding carboxylic acids is 1. The third-order valence-corrected chi connectivity index (χ3v) is 2.78. The average molecular weight is 268 g/mol. The predicted molar refractivity (Wildman–Crippen MR) is 69.9 cm³/mol. The largest absolute Gasteiger partial charge is 0.298 e. The maximum atomic E-state index is 13.2. The Kier molecular flexibility index (Phi) is 3.04. The summed E-state index contributed by atoms with van der Waals surface area (Å²) in [6, 6.07) is 4.81. The lowest BCUT2D eigenvalue weighted by Gasteiger charge is -1.99. The zero-order chi connectivity index (χ0) is 13.9. The Bertz CT molecular complexity index is 755. The van der Waals surface area contributed by atoms with Gasteiger partial charge in [0.1, 0.15) is 11.5 Å². The predicted octanol–water partition coefficient (Wildman–Crippen LogP) is 2.28. The first-order chi connectivity index (χ1) is 9.78. The molecular weight excluding hydrogens is 259 g/mol. The van der Waals surface area contributed by atoms with Gasteiger partial charge in [-0.15, -0.1) is 0 Å². The molecule has 0 aliphatic heterocycles. The van der Waals surface area contributed by atoms with Crippen LogP contribution in [0.1, 0.15) is 10.4 Å². The van der Waals surface area contributed by atoms with Crippen molar-refractivity contribution in [2.75, 3.05) is 0 Å². The van der Waals surface area contributed by atoms with Crippen LogP contribution >= 0.6 is 0 Å². The van der Waals surface area contributed by atoms with Crippen molar-refractivity contribution < 1.29 is 9.18 Å². The van der Waals surface area contributed by atoms with E-state index in [0.29, 0.717) is 23.1 Å². The SMILES string of the molecule is O=Cc1cn(-c2ccncc2)nc1-c1cncc(F)c1. The highest BCUT2D eigenvalue weighted by Gasteiger charge is 2.12. The number of pyridine rings is 2. The molecule has 0 N–H and O–H groups in total. The van der Waals surface area contributed by atoms with Crippen LogP contribution in [0.25, 0.3) is 16.9 Å². The number of aromatic nitrogens is 4. The van der Waals surface area contributed by atoms with Crippen LogP contribution in [0.5, 0.6) is 0 Å². The van der Waals surface area contributed by atoms with Crippen molar-refractivity contribution in [3.63, 3.8) is 0 Å². The van der Waals surface area contributed by atoms with Crippen molar-refractivity contribution in [2.24, 2.45) is 0 Å². The van der Waals surface area contributed by atoms with Crippen LogP contribution in [-0.2, 0) is 0 Å². The monoisotopic (exact) mass is 268 g/mol. The second kappa shape index (κ2) is 5.00. The van der Waals surface area contributed by atoms with Gasteiger partial charge in [0.25, 0.3) is 0 Å². The number of halogens is 1. The molecule has 0 radical (unpaired) electrons. The highest BCUT2D eigenvalue weighted by atomic mass is 19.1. The van der Waals surface area contributed by atoms with E-state index in [-0.39, 0.29) is 0 Å². The van der Waals surface area contributed by atoms with Gasteiger partial charge in [-0.05, 0) is 18.2 Å². The molecule has 20 heavy (non-hydrogen) atoms. The van der Waals surface area contributed by atoms with Crippen LogP contribution in [0, 0.1) is 5.82 Å². The summed E-state index contributed by atoms with van der Waals surface area (Å²) in [5, 5.41) is 4.31. The standard InChI is InChI=1S/C14H9FN4O/c15-12-5-10(6-17-7-12)14-11(9-20)8-19(18-14)13-1-3-16-4-2-13/h1-9H. The molecule has 0 saturated heterocycles. The average Bonchev–Trinajstić information content (AvgIpc) is 2.92. The first-order valence-electron chi connectivity index (χ1n) is 5.84. The fourth-order valence-electron chi connectivity index (χ4n) is 1.87. The Morgan fingerprint density at radius 2 is 1.95 bits per heavy atom. The first-order valence-corrected chi connectivity index (χ1v) is 5.84. The van der Waals surface area contributed by atoms with E-state index in [1.165, 1.54) is 12.3 Å². The highest BCUT2D eigenvalue weighted by Crippen LogP contribution is 2.22. The van der Waals surface area contributed by atoms with Gasteiger partial charge in [0.15, 0.2) is 6.29 Å². The summed E-state index contributed by atoms with van der Waals surface area (Å²) in [6.45, 7) is 0. The lowest BCUT2D eigenvalue weighted by molar-refractivity contribution is 0.112. The molecule has 98 valence electrons. The van der Waals surface area contributed by atoms with Crippen molar-refractivity contribution in [3.8, 4) is 16.9 Å². The molecule has 3 aromatic heterocycles. The number of carbonyl (C=O) groups is 1. The van der Waals surface area contributed by atoms with Crippen LogP contribution < -0.4 is 0 Å². The molecule has 0 atom stereocenters. The Morgan fingerprint density at radius 3 is 2.65 bits per heavy atom. The minimum Gasteiger partial charge on any atom is -0.298 e. The van der Waals surface area contributed by atoms with Crippen molar-refractivity contribution in [1.82, 2.24) is 19.7 Å². The summed E-state index contributed by atoms with van der Waals surface area (Å²) in [5.41, 5.74) is 1.98. The summed E-state index contributed by atoms with van der Waals surface area (Å²) in [6.07, 6.45) is 8.09. The van der Waals surface area contributed by atoms with Gasteiger partial charge < -0.3 is 0 Å². The normalized spacial score (nSPS) is 10.4. The molecular formula is C14H9FN4O. The number of hydrogen-bond donors (Lipinski definition) is 0. The summed E-state index contributed by atoms with van der Waals surface area (Å²) in [4.78, 5) is 18.8. The van der Waals surface area contributed by atoms with Gasteiger partial charge in [0.2, 0.25) is 0 Å². The van der Waals surface area contributed by atoms with Crippen molar-refractivity contribution in [1.29, 1.82) is 0 Å². The van der Waals surface area contributed by atoms with E-state index >= 15 is 0 Å². The lowest BCUT2D eigenvalue weighted by Crippen LogP contribution is -1.94. The maximum absolute atomic E-state index is 13.2. The van der Waals surface area contributed by atoms with E-state index in [4.69, 9.17) is 0 Å². The molecule has 5 nitrogen and oxygen atoms in total. The second-order valence-electron chi connectivity index (χ2n) is 4.09. The van der Waals surface area contributed by atoms with E-state index in [2.05, 4.69) is 15.1 Å². The van der Waals surface area contributed by atoms with Gasteiger partial charge in [-0.3, -0.25) is 14.8 Å². The zero-order valence-corrected chi connectivity index (χ0v) is 10.3. The molecule has 6 heteroatoms. The Balaban J connectivity index is 2.13. The minimum absolute atomic E-state index is 0.370. The third-order valence-electron chi connectivity index (χ3n) is 2.78. The van der Waals surface area contributed by atoms with Crippen molar-refractivity contribution in [3.05, 3.63) is 60.6 Å². The summed E-state index contributed by atoms with van der Waals surface area (Å²) >= 11 is 0. The van der Waals surface area contributed by atoms with E-state index in [0.717, 1.165) is 11.9 Å². The van der Waals surface area contributed by atoms with Crippen LogP contribution in [0.15, 0.2) is 49.2 Å². The topological polar surface area (TPSA) is 60.7 Å². The Labute approximate surface area is 113 Å². The van der Waals surface area contributed by atoms with E-state index < -0.39 is 5.82 Å². The zero-order valence-electron chi connectivity index (χ0n) is 10.3. The fraction of sp³-hybridized carbons (Fsp3) is 0. The van der Waals surface area contributed by atoms with Gasteiger partial charge in [-0.1, -0.05) is 0 Å². The van der Waals surface area contributed by atoms with E-state index in [1.54, 1.807) is 35.4 Å². The highest BCUT2D eigenvalue weighted by molar-refractivity contribution is 5.85. The Morgan fingerprint density at radius 1 is 1.15 bits per heavy atom. The summed E-state index contributed by atoms with van der Waals surface area (Å²) < 4.78 is 14.8. The van der Waals surface area contributed by atoms with Gasteiger partial charge >= 0.3 is 0 Å². The van der Waals surface area contributed by atoms with Gasteiger partial charge in [0, 0.05) is 30.4 Å². The number of hydrogen-bond acceptors (Lipinski definition) is 4. The van der Waals surface area contributed by atoms with E-state index in [1.807, 2.05) is 0 Å². The molecule has 0 saturated carbocycles. The fourth-order valence-corrected chi connectivity index (χ4v) is 1.87. The third kappa shape index (κ3) is 2.18. The molecule has 0 bridgehead atoms. The summed E-state index contributed by atoms with van der Waals surface area (Å²) in [7, 11) is 0. The van der Waals surface area contributed by atoms with Crippen molar-refractivity contribution >= 4 is 6.29 Å². The van der Waals surface area contributed by atoms with Gasteiger partial charge in [0.05, 0.1) is 17.4 Å². The van der Waals surface area contributed by atoms with Crippen LogP contribution in [0.4, 0.5) is 4.39 Å². The molecule has 0 aliphatic carbocycles. The van der Waals surface area contributed by atoms with Crippen LogP contribution in [0.2, 0.25) is 0 Å². The minimum atomic E-state index is -0.474. The molecule has 0 aliphatic rings. The van der Waals surface area contributed by atoms with Gasteiger partial charge in [-0.25, -0.2) is 9.07 Å². The molecule has 3 aromatic rings. The van der Waals surface area contributed by atoms with E-state index in [9.17, 15) is 9.18 Å². The number of aldehydes is 1. The Hall–Kier alpha value is -2.89. The molecule has 3 heterocycles. The molecule has 0 spiro atoms. The van der Waals surface area contributed by atoms with Crippen LogP contribution in [-0.4, -0.2) is 26.0 Å². The van der Waals surface area contributed by atoms with Crippen LogP contribution in [0.3, 0.4) is 0 Å². The maximum Gasteiger partial charge on any atom is 0.153 e. The second-order valence-corrected chi connectivity index (χ2v) is 4.09. The smallest absolute Gasteiger partial charge is 0.153 e. The first kappa shape index (κ1) is 12.2. The number of rotatable bonds is 3. The van der Waals surface area contributed by atoms with Crippen molar-refractivity contribution in [2.45, 2.75) is 0 Å². The molecule has 0 fully saturated rings. The molecule has 0 unspecified atom stereocenters. The quantitative estimate of drug-likeness (QED) is 0.684. The molecule has 0 amide bonds.